The lowest BCUT2D eigenvalue weighted by Gasteiger charge is -2.36. The van der Waals surface area contributed by atoms with Crippen LogP contribution in [0.15, 0.2) is 54.7 Å². The summed E-state index contributed by atoms with van der Waals surface area (Å²) in [6, 6.07) is 15.5. The van der Waals surface area contributed by atoms with Gasteiger partial charge in [0.25, 0.3) is 0 Å². The lowest BCUT2D eigenvalue weighted by molar-refractivity contribution is 0.112. The van der Waals surface area contributed by atoms with E-state index in [0.717, 1.165) is 54.9 Å². The van der Waals surface area contributed by atoms with E-state index in [1.54, 1.807) is 6.07 Å². The van der Waals surface area contributed by atoms with Gasteiger partial charge in [-0.2, -0.15) is 0 Å². The number of rotatable bonds is 4. The Hall–Kier alpha value is -2.92. The van der Waals surface area contributed by atoms with Crippen LogP contribution in [0, 0.1) is 0 Å². The van der Waals surface area contributed by atoms with Crippen molar-refractivity contribution in [2.24, 2.45) is 0 Å². The molecule has 132 valence electrons. The Balaban J connectivity index is 1.47. The monoisotopic (exact) mass is 347 g/mol. The summed E-state index contributed by atoms with van der Waals surface area (Å²) in [7, 11) is 0. The van der Waals surface area contributed by atoms with Crippen LogP contribution < -0.4 is 4.90 Å². The van der Waals surface area contributed by atoms with Gasteiger partial charge >= 0.3 is 0 Å². The van der Waals surface area contributed by atoms with Gasteiger partial charge in [0, 0.05) is 44.6 Å². The third kappa shape index (κ3) is 3.26. The van der Waals surface area contributed by atoms with Crippen molar-refractivity contribution in [1.29, 1.82) is 0 Å². The lowest BCUT2D eigenvalue weighted by Crippen LogP contribution is -2.46. The van der Waals surface area contributed by atoms with Gasteiger partial charge < -0.3 is 10.0 Å². The second kappa shape index (κ2) is 7.14. The predicted molar refractivity (Wildman–Crippen MR) is 103 cm³/mol. The van der Waals surface area contributed by atoms with Crippen LogP contribution in [0.3, 0.4) is 0 Å². The summed E-state index contributed by atoms with van der Waals surface area (Å²) in [5.74, 6) is 0.0309. The largest absolute Gasteiger partial charge is 0.507 e. The molecule has 0 radical (unpaired) electrons. The highest BCUT2D eigenvalue weighted by Crippen LogP contribution is 2.29. The fourth-order valence-corrected chi connectivity index (χ4v) is 3.54. The van der Waals surface area contributed by atoms with Crippen LogP contribution in [0.5, 0.6) is 5.75 Å². The number of pyridine rings is 1. The number of aromatic nitrogens is 1. The smallest absolute Gasteiger partial charge is 0.154 e. The number of phenolic OH excluding ortho intramolecular Hbond substituents is 1. The Kier molecular flexibility index (Phi) is 4.54. The first-order valence-electron chi connectivity index (χ1n) is 8.83. The number of nitrogens with zero attached hydrogens (tertiary/aromatic N) is 3. The molecule has 1 fully saturated rings. The standard InChI is InChI=1S/C21H21N3O2/c25-15-20-19-6-5-18(13-16(19)4-7-21(20)26)24-11-9-23(10-12-24)14-17-3-1-2-8-22-17/h1-8,13,15,26H,9-12,14H2. The van der Waals surface area contributed by atoms with Gasteiger partial charge in [-0.3, -0.25) is 14.7 Å². The first-order chi connectivity index (χ1) is 12.7. The van der Waals surface area contributed by atoms with E-state index >= 15 is 0 Å². The molecular weight excluding hydrogens is 326 g/mol. The highest BCUT2D eigenvalue weighted by molar-refractivity contribution is 6.01. The molecular formula is C21H21N3O2. The number of anilines is 1. The van der Waals surface area contributed by atoms with Crippen molar-refractivity contribution in [1.82, 2.24) is 9.88 Å². The Morgan fingerprint density at radius 1 is 1.04 bits per heavy atom. The van der Waals surface area contributed by atoms with Gasteiger partial charge in [-0.05, 0) is 41.1 Å². The summed E-state index contributed by atoms with van der Waals surface area (Å²) < 4.78 is 0. The fraction of sp³-hybridized carbons (Fsp3) is 0.238. The minimum absolute atomic E-state index is 0.0309. The molecule has 1 aromatic heterocycles. The Labute approximate surface area is 152 Å². The number of fused-ring (bicyclic) bond motifs is 1. The van der Waals surface area contributed by atoms with Gasteiger partial charge in [0.2, 0.25) is 0 Å². The maximum absolute atomic E-state index is 11.2. The quantitative estimate of drug-likeness (QED) is 0.735. The second-order valence-electron chi connectivity index (χ2n) is 6.61. The fourth-order valence-electron chi connectivity index (χ4n) is 3.54. The number of hydrogen-bond donors (Lipinski definition) is 1. The van der Waals surface area contributed by atoms with Crippen LogP contribution in [0.4, 0.5) is 5.69 Å². The van der Waals surface area contributed by atoms with Crippen molar-refractivity contribution in [2.45, 2.75) is 6.54 Å². The van der Waals surface area contributed by atoms with Gasteiger partial charge in [-0.1, -0.05) is 18.2 Å². The molecule has 0 spiro atoms. The molecule has 0 aliphatic carbocycles. The molecule has 0 unspecified atom stereocenters. The van der Waals surface area contributed by atoms with Gasteiger partial charge in [0.15, 0.2) is 6.29 Å². The molecule has 2 aromatic carbocycles. The Morgan fingerprint density at radius 2 is 1.88 bits per heavy atom. The van der Waals surface area contributed by atoms with Crippen LogP contribution in [0.1, 0.15) is 16.1 Å². The second-order valence-corrected chi connectivity index (χ2v) is 6.61. The molecule has 26 heavy (non-hydrogen) atoms. The summed E-state index contributed by atoms with van der Waals surface area (Å²) in [5, 5.41) is 11.6. The average Bonchev–Trinajstić information content (AvgIpc) is 2.69. The summed E-state index contributed by atoms with van der Waals surface area (Å²) in [6.07, 6.45) is 2.56. The molecule has 5 heteroatoms. The van der Waals surface area contributed by atoms with Gasteiger partial charge in [0.1, 0.15) is 5.75 Å². The predicted octanol–water partition coefficient (Wildman–Crippen LogP) is 3.08. The van der Waals surface area contributed by atoms with Crippen molar-refractivity contribution < 1.29 is 9.90 Å². The first kappa shape index (κ1) is 16.5. The normalized spacial score (nSPS) is 15.3. The molecule has 1 aliphatic heterocycles. The minimum atomic E-state index is 0.0309. The summed E-state index contributed by atoms with van der Waals surface area (Å²) in [5.41, 5.74) is 2.61. The van der Waals surface area contributed by atoms with Crippen LogP contribution in [0.25, 0.3) is 10.8 Å². The van der Waals surface area contributed by atoms with Crippen molar-refractivity contribution in [3.05, 3.63) is 66.0 Å². The minimum Gasteiger partial charge on any atom is -0.507 e. The zero-order chi connectivity index (χ0) is 17.9. The van der Waals surface area contributed by atoms with E-state index in [-0.39, 0.29) is 5.75 Å². The molecule has 0 saturated carbocycles. The number of piperazine rings is 1. The number of aromatic hydroxyl groups is 1. The molecule has 0 amide bonds. The highest BCUT2D eigenvalue weighted by Gasteiger charge is 2.18. The Bertz CT molecular complexity index is 919. The molecule has 5 nitrogen and oxygen atoms in total. The van der Waals surface area contributed by atoms with E-state index in [4.69, 9.17) is 0 Å². The number of carbonyl (C=O) groups is 1. The molecule has 1 saturated heterocycles. The van der Waals surface area contributed by atoms with Crippen LogP contribution >= 0.6 is 0 Å². The van der Waals surface area contributed by atoms with Crippen molar-refractivity contribution in [3.8, 4) is 5.75 Å². The molecule has 1 aliphatic rings. The van der Waals surface area contributed by atoms with Gasteiger partial charge in [0.05, 0.1) is 11.3 Å². The number of phenols is 1. The third-order valence-corrected chi connectivity index (χ3v) is 4.99. The van der Waals surface area contributed by atoms with E-state index in [1.165, 1.54) is 0 Å². The van der Waals surface area contributed by atoms with E-state index in [0.29, 0.717) is 11.8 Å². The molecule has 3 aromatic rings. The highest BCUT2D eigenvalue weighted by atomic mass is 16.3. The van der Waals surface area contributed by atoms with E-state index < -0.39 is 0 Å². The Morgan fingerprint density at radius 3 is 2.62 bits per heavy atom. The van der Waals surface area contributed by atoms with Gasteiger partial charge in [-0.15, -0.1) is 0 Å². The zero-order valence-electron chi connectivity index (χ0n) is 14.5. The van der Waals surface area contributed by atoms with E-state index in [2.05, 4.69) is 26.9 Å². The summed E-state index contributed by atoms with van der Waals surface area (Å²) >= 11 is 0. The SMILES string of the molecule is O=Cc1c(O)ccc2cc(N3CCN(Cc4ccccn4)CC3)ccc12. The van der Waals surface area contributed by atoms with Crippen molar-refractivity contribution >= 4 is 22.7 Å². The average molecular weight is 347 g/mol. The molecule has 2 heterocycles. The zero-order valence-corrected chi connectivity index (χ0v) is 14.5. The number of benzene rings is 2. The third-order valence-electron chi connectivity index (χ3n) is 4.99. The van der Waals surface area contributed by atoms with Crippen LogP contribution in [0.2, 0.25) is 0 Å². The summed E-state index contributed by atoms with van der Waals surface area (Å²) in [4.78, 5) is 20.4. The van der Waals surface area contributed by atoms with Crippen LogP contribution in [-0.2, 0) is 6.54 Å². The molecule has 1 N–H and O–H groups in total. The number of aldehydes is 1. The molecule has 0 bridgehead atoms. The maximum Gasteiger partial charge on any atom is 0.154 e. The molecule has 0 atom stereocenters. The lowest BCUT2D eigenvalue weighted by atomic mass is 10.0. The summed E-state index contributed by atoms with van der Waals surface area (Å²) in [6.45, 7) is 4.77. The number of carbonyl (C=O) groups excluding carboxylic acids is 1. The maximum atomic E-state index is 11.2. The van der Waals surface area contributed by atoms with Crippen LogP contribution in [-0.4, -0.2) is 47.5 Å². The van der Waals surface area contributed by atoms with E-state index in [1.807, 2.05) is 36.5 Å². The van der Waals surface area contributed by atoms with E-state index in [9.17, 15) is 9.90 Å². The topological polar surface area (TPSA) is 56.7 Å². The van der Waals surface area contributed by atoms with Crippen molar-refractivity contribution in [2.75, 3.05) is 31.1 Å². The molecule has 4 rings (SSSR count). The first-order valence-corrected chi connectivity index (χ1v) is 8.83. The number of hydrogen-bond acceptors (Lipinski definition) is 5. The van der Waals surface area contributed by atoms with Crippen molar-refractivity contribution in [3.63, 3.8) is 0 Å². The van der Waals surface area contributed by atoms with Gasteiger partial charge in [-0.25, -0.2) is 0 Å².